The molecule has 2 N–H and O–H groups in total. The van der Waals surface area contributed by atoms with E-state index in [-0.39, 0.29) is 5.91 Å². The summed E-state index contributed by atoms with van der Waals surface area (Å²) in [6, 6.07) is 15.9. The molecule has 0 spiro atoms. The van der Waals surface area contributed by atoms with Crippen molar-refractivity contribution in [1.82, 2.24) is 14.5 Å². The molecule has 5 heteroatoms. The Hall–Kier alpha value is -2.92. The SMILES string of the molecule is CCn1cnc2c1CCN(C(=O)c1ccc(-c3ccccc3CN)cc1)C2. The minimum Gasteiger partial charge on any atom is -0.334 e. The molecule has 1 aliphatic heterocycles. The van der Waals surface area contributed by atoms with Crippen LogP contribution in [0.25, 0.3) is 11.1 Å². The van der Waals surface area contributed by atoms with E-state index in [1.807, 2.05) is 53.7 Å². The lowest BCUT2D eigenvalue weighted by Gasteiger charge is -2.27. The highest BCUT2D eigenvalue weighted by Gasteiger charge is 2.24. The van der Waals surface area contributed by atoms with Crippen LogP contribution in [0.1, 0.15) is 34.2 Å². The second-order valence-electron chi connectivity index (χ2n) is 6.84. The first-order valence-corrected chi connectivity index (χ1v) is 9.41. The van der Waals surface area contributed by atoms with E-state index in [4.69, 9.17) is 5.73 Å². The Morgan fingerprint density at radius 3 is 2.67 bits per heavy atom. The molecule has 1 aliphatic rings. The van der Waals surface area contributed by atoms with E-state index >= 15 is 0 Å². The molecule has 2 aromatic carbocycles. The summed E-state index contributed by atoms with van der Waals surface area (Å²) in [4.78, 5) is 19.3. The van der Waals surface area contributed by atoms with Gasteiger partial charge in [-0.15, -0.1) is 0 Å². The number of benzene rings is 2. The standard InChI is InChI=1S/C22H24N4O/c1-2-25-15-24-20-14-26(12-11-21(20)25)22(27)17-9-7-16(8-10-17)19-6-4-3-5-18(19)13-23/h3-10,15H,2,11-14,23H2,1H3. The molecule has 0 saturated carbocycles. The molecule has 1 amide bonds. The number of nitrogens with zero attached hydrogens (tertiary/aromatic N) is 3. The Morgan fingerprint density at radius 2 is 1.93 bits per heavy atom. The van der Waals surface area contributed by atoms with Gasteiger partial charge in [0.1, 0.15) is 0 Å². The van der Waals surface area contributed by atoms with E-state index in [1.54, 1.807) is 0 Å². The van der Waals surface area contributed by atoms with Gasteiger partial charge >= 0.3 is 0 Å². The number of carbonyl (C=O) groups excluding carboxylic acids is 1. The van der Waals surface area contributed by atoms with Crippen LogP contribution in [0.3, 0.4) is 0 Å². The van der Waals surface area contributed by atoms with Gasteiger partial charge < -0.3 is 15.2 Å². The summed E-state index contributed by atoms with van der Waals surface area (Å²) in [5.41, 5.74) is 12.1. The lowest BCUT2D eigenvalue weighted by atomic mass is 9.98. The van der Waals surface area contributed by atoms with Crippen molar-refractivity contribution >= 4 is 5.91 Å². The van der Waals surface area contributed by atoms with E-state index in [1.165, 1.54) is 5.69 Å². The molecule has 0 aliphatic carbocycles. The fourth-order valence-corrected chi connectivity index (χ4v) is 3.77. The summed E-state index contributed by atoms with van der Waals surface area (Å²) >= 11 is 0. The van der Waals surface area contributed by atoms with Crippen molar-refractivity contribution in [3.8, 4) is 11.1 Å². The largest absolute Gasteiger partial charge is 0.334 e. The second-order valence-corrected chi connectivity index (χ2v) is 6.84. The highest BCUT2D eigenvalue weighted by atomic mass is 16.2. The third-order valence-electron chi connectivity index (χ3n) is 5.30. The average Bonchev–Trinajstić information content (AvgIpc) is 3.15. The molecule has 0 radical (unpaired) electrons. The molecule has 0 bridgehead atoms. The molecule has 0 atom stereocenters. The summed E-state index contributed by atoms with van der Waals surface area (Å²) in [5.74, 6) is 0.0605. The number of hydrogen-bond acceptors (Lipinski definition) is 3. The lowest BCUT2D eigenvalue weighted by Crippen LogP contribution is -2.36. The Morgan fingerprint density at radius 1 is 1.15 bits per heavy atom. The third kappa shape index (κ3) is 3.26. The molecule has 3 aromatic rings. The predicted octanol–water partition coefficient (Wildman–Crippen LogP) is 3.23. The average molecular weight is 360 g/mol. The van der Waals surface area contributed by atoms with Crippen LogP contribution in [-0.2, 0) is 26.1 Å². The highest BCUT2D eigenvalue weighted by Crippen LogP contribution is 2.25. The summed E-state index contributed by atoms with van der Waals surface area (Å²) in [6.45, 7) is 4.84. The van der Waals surface area contributed by atoms with Gasteiger partial charge in [-0.25, -0.2) is 4.98 Å². The predicted molar refractivity (Wildman–Crippen MR) is 106 cm³/mol. The van der Waals surface area contributed by atoms with Crippen LogP contribution in [0.15, 0.2) is 54.9 Å². The first kappa shape index (κ1) is 17.5. The summed E-state index contributed by atoms with van der Waals surface area (Å²) in [7, 11) is 0. The first-order chi connectivity index (χ1) is 13.2. The van der Waals surface area contributed by atoms with Gasteiger partial charge in [-0.2, -0.15) is 0 Å². The molecular formula is C22H24N4O. The van der Waals surface area contributed by atoms with Crippen molar-refractivity contribution in [2.75, 3.05) is 6.54 Å². The Kier molecular flexibility index (Phi) is 4.77. The van der Waals surface area contributed by atoms with Gasteiger partial charge in [0.2, 0.25) is 0 Å². The number of carbonyl (C=O) groups is 1. The van der Waals surface area contributed by atoms with E-state index in [0.29, 0.717) is 18.7 Å². The lowest BCUT2D eigenvalue weighted by molar-refractivity contribution is 0.0731. The fourth-order valence-electron chi connectivity index (χ4n) is 3.77. The maximum atomic E-state index is 12.9. The maximum absolute atomic E-state index is 12.9. The Balaban J connectivity index is 1.53. The number of amides is 1. The minimum absolute atomic E-state index is 0.0605. The van der Waals surface area contributed by atoms with Crippen LogP contribution in [-0.4, -0.2) is 26.9 Å². The number of aryl methyl sites for hydroxylation is 1. The van der Waals surface area contributed by atoms with Gasteiger partial charge in [-0.3, -0.25) is 4.79 Å². The van der Waals surface area contributed by atoms with Gasteiger partial charge in [0.15, 0.2) is 0 Å². The van der Waals surface area contributed by atoms with Crippen LogP contribution in [0.4, 0.5) is 0 Å². The minimum atomic E-state index is 0.0605. The van der Waals surface area contributed by atoms with Gasteiger partial charge in [0, 0.05) is 37.3 Å². The zero-order valence-corrected chi connectivity index (χ0v) is 15.6. The zero-order valence-electron chi connectivity index (χ0n) is 15.6. The highest BCUT2D eigenvalue weighted by molar-refractivity contribution is 5.94. The Bertz CT molecular complexity index is 959. The normalized spacial score (nSPS) is 13.5. The van der Waals surface area contributed by atoms with Gasteiger partial charge in [0.05, 0.1) is 18.6 Å². The van der Waals surface area contributed by atoms with Crippen LogP contribution in [0.2, 0.25) is 0 Å². The number of fused-ring (bicyclic) bond motifs is 1. The Labute approximate surface area is 159 Å². The summed E-state index contributed by atoms with van der Waals surface area (Å²) < 4.78 is 2.17. The maximum Gasteiger partial charge on any atom is 0.254 e. The molecule has 0 unspecified atom stereocenters. The molecule has 138 valence electrons. The van der Waals surface area contributed by atoms with Crippen molar-refractivity contribution in [2.45, 2.75) is 33.0 Å². The third-order valence-corrected chi connectivity index (χ3v) is 5.30. The molecule has 4 rings (SSSR count). The van der Waals surface area contributed by atoms with Crippen LogP contribution in [0.5, 0.6) is 0 Å². The van der Waals surface area contributed by atoms with Crippen LogP contribution in [0, 0.1) is 0 Å². The molecule has 0 fully saturated rings. The van der Waals surface area contributed by atoms with Gasteiger partial charge in [0.25, 0.3) is 5.91 Å². The number of rotatable bonds is 4. The second kappa shape index (κ2) is 7.37. The molecule has 27 heavy (non-hydrogen) atoms. The van der Waals surface area contributed by atoms with E-state index in [9.17, 15) is 4.79 Å². The van der Waals surface area contributed by atoms with Crippen molar-refractivity contribution in [2.24, 2.45) is 5.73 Å². The van der Waals surface area contributed by atoms with Crippen molar-refractivity contribution in [1.29, 1.82) is 0 Å². The van der Waals surface area contributed by atoms with Crippen molar-refractivity contribution < 1.29 is 4.79 Å². The number of nitrogens with two attached hydrogens (primary N) is 1. The fraction of sp³-hybridized carbons (Fsp3) is 0.273. The van der Waals surface area contributed by atoms with E-state index in [0.717, 1.165) is 41.9 Å². The van der Waals surface area contributed by atoms with Crippen molar-refractivity contribution in [3.63, 3.8) is 0 Å². The monoisotopic (exact) mass is 360 g/mol. The zero-order chi connectivity index (χ0) is 18.8. The van der Waals surface area contributed by atoms with Crippen molar-refractivity contribution in [3.05, 3.63) is 77.4 Å². The van der Waals surface area contributed by atoms with Crippen LogP contribution >= 0.6 is 0 Å². The molecule has 2 heterocycles. The summed E-state index contributed by atoms with van der Waals surface area (Å²) in [6.07, 6.45) is 2.74. The van der Waals surface area contributed by atoms with Gasteiger partial charge in [-0.05, 0) is 35.7 Å². The smallest absolute Gasteiger partial charge is 0.254 e. The van der Waals surface area contributed by atoms with E-state index < -0.39 is 0 Å². The topological polar surface area (TPSA) is 64.2 Å². The molecule has 5 nitrogen and oxygen atoms in total. The van der Waals surface area contributed by atoms with Crippen LogP contribution < -0.4 is 5.73 Å². The van der Waals surface area contributed by atoms with Gasteiger partial charge in [-0.1, -0.05) is 36.4 Å². The summed E-state index contributed by atoms with van der Waals surface area (Å²) in [5, 5.41) is 0. The first-order valence-electron chi connectivity index (χ1n) is 9.41. The van der Waals surface area contributed by atoms with E-state index in [2.05, 4.69) is 22.5 Å². The molecule has 0 saturated heterocycles. The number of hydrogen-bond donors (Lipinski definition) is 1. The molecule has 1 aromatic heterocycles. The number of imidazole rings is 1. The molecular weight excluding hydrogens is 336 g/mol. The quantitative estimate of drug-likeness (QED) is 0.777. The number of aromatic nitrogens is 2.